The van der Waals surface area contributed by atoms with Crippen LogP contribution in [-0.2, 0) is 0 Å². The summed E-state index contributed by atoms with van der Waals surface area (Å²) in [4.78, 5) is 12.3. The van der Waals surface area contributed by atoms with Gasteiger partial charge in [-0.3, -0.25) is 4.79 Å². The predicted octanol–water partition coefficient (Wildman–Crippen LogP) is 3.02. The zero-order valence-electron chi connectivity index (χ0n) is 10.8. The van der Waals surface area contributed by atoms with Crippen LogP contribution in [0.2, 0.25) is 0 Å². The van der Waals surface area contributed by atoms with Crippen LogP contribution in [0.1, 0.15) is 21.5 Å². The number of anilines is 1. The van der Waals surface area contributed by atoms with Crippen molar-refractivity contribution < 1.29 is 9.18 Å². The highest BCUT2D eigenvalue weighted by Crippen LogP contribution is 2.13. The first-order valence-electron chi connectivity index (χ1n) is 5.94. The average Bonchev–Trinajstić information content (AvgIpc) is 2.38. The minimum Gasteiger partial charge on any atom is -0.389 e. The lowest BCUT2D eigenvalue weighted by Gasteiger charge is -2.07. The minimum absolute atomic E-state index is 0.279. The SMILES string of the molecule is Cc1cc(F)cc(C(=O)Nc2ccc(C(N)=S)cc2)c1. The Morgan fingerprint density at radius 1 is 1.15 bits per heavy atom. The van der Waals surface area contributed by atoms with Gasteiger partial charge in [-0.1, -0.05) is 12.2 Å². The molecule has 2 rings (SSSR count). The van der Waals surface area contributed by atoms with E-state index >= 15 is 0 Å². The van der Waals surface area contributed by atoms with E-state index in [0.29, 0.717) is 16.2 Å². The number of thiocarbonyl (C=S) groups is 1. The maximum Gasteiger partial charge on any atom is 0.255 e. The monoisotopic (exact) mass is 288 g/mol. The van der Waals surface area contributed by atoms with Crippen molar-refractivity contribution in [1.82, 2.24) is 0 Å². The number of hydrogen-bond acceptors (Lipinski definition) is 2. The highest BCUT2D eigenvalue weighted by atomic mass is 32.1. The van der Waals surface area contributed by atoms with E-state index in [2.05, 4.69) is 5.32 Å². The highest BCUT2D eigenvalue weighted by molar-refractivity contribution is 7.80. The van der Waals surface area contributed by atoms with Crippen molar-refractivity contribution in [2.24, 2.45) is 5.73 Å². The molecule has 0 unspecified atom stereocenters. The lowest BCUT2D eigenvalue weighted by molar-refractivity contribution is 0.102. The number of hydrogen-bond donors (Lipinski definition) is 2. The molecule has 0 spiro atoms. The molecule has 2 aromatic carbocycles. The maximum absolute atomic E-state index is 13.3. The summed E-state index contributed by atoms with van der Waals surface area (Å²) >= 11 is 4.85. The van der Waals surface area contributed by atoms with Gasteiger partial charge in [-0.25, -0.2) is 4.39 Å². The first kappa shape index (κ1) is 14.1. The number of carbonyl (C=O) groups excluding carboxylic acids is 1. The fraction of sp³-hybridized carbons (Fsp3) is 0.0667. The van der Waals surface area contributed by atoms with E-state index in [9.17, 15) is 9.18 Å². The maximum atomic E-state index is 13.3. The predicted molar refractivity (Wildman–Crippen MR) is 81.4 cm³/mol. The molecule has 5 heteroatoms. The number of halogens is 1. The van der Waals surface area contributed by atoms with Crippen molar-refractivity contribution >= 4 is 28.8 Å². The standard InChI is InChI=1S/C15H13FN2OS/c1-9-6-11(8-12(16)7-9)15(19)18-13-4-2-10(3-5-13)14(17)20/h2-8H,1H3,(H2,17,20)(H,18,19). The summed E-state index contributed by atoms with van der Waals surface area (Å²) in [6.07, 6.45) is 0. The van der Waals surface area contributed by atoms with Crippen molar-refractivity contribution in [2.45, 2.75) is 6.92 Å². The molecule has 0 atom stereocenters. The number of rotatable bonds is 3. The number of amides is 1. The highest BCUT2D eigenvalue weighted by Gasteiger charge is 2.08. The van der Waals surface area contributed by atoms with Crippen LogP contribution in [0.3, 0.4) is 0 Å². The number of carbonyl (C=O) groups is 1. The van der Waals surface area contributed by atoms with Gasteiger partial charge in [0, 0.05) is 16.8 Å². The van der Waals surface area contributed by atoms with Crippen molar-refractivity contribution in [1.29, 1.82) is 0 Å². The average molecular weight is 288 g/mol. The van der Waals surface area contributed by atoms with Crippen LogP contribution in [0.15, 0.2) is 42.5 Å². The van der Waals surface area contributed by atoms with E-state index in [0.717, 1.165) is 5.56 Å². The summed E-state index contributed by atoms with van der Waals surface area (Å²) in [7, 11) is 0. The van der Waals surface area contributed by atoms with E-state index in [1.807, 2.05) is 0 Å². The summed E-state index contributed by atoms with van der Waals surface area (Å²) in [5.74, 6) is -0.797. The summed E-state index contributed by atoms with van der Waals surface area (Å²) in [5.41, 5.74) is 7.78. The van der Waals surface area contributed by atoms with Crippen LogP contribution < -0.4 is 11.1 Å². The molecule has 0 radical (unpaired) electrons. The van der Waals surface area contributed by atoms with Crippen LogP contribution in [0.5, 0.6) is 0 Å². The summed E-state index contributed by atoms with van der Waals surface area (Å²) in [6.45, 7) is 1.73. The van der Waals surface area contributed by atoms with Gasteiger partial charge in [0.25, 0.3) is 5.91 Å². The largest absolute Gasteiger partial charge is 0.389 e. The van der Waals surface area contributed by atoms with Crippen LogP contribution in [0.4, 0.5) is 10.1 Å². The summed E-state index contributed by atoms with van der Waals surface area (Å²) < 4.78 is 13.3. The molecule has 0 aliphatic carbocycles. The van der Waals surface area contributed by atoms with E-state index in [1.54, 1.807) is 37.3 Å². The number of nitrogens with two attached hydrogens (primary N) is 1. The molecule has 0 fully saturated rings. The molecule has 0 aromatic heterocycles. The van der Waals surface area contributed by atoms with Crippen molar-refractivity contribution in [3.8, 4) is 0 Å². The topological polar surface area (TPSA) is 55.1 Å². The molecule has 3 nitrogen and oxygen atoms in total. The van der Waals surface area contributed by atoms with Crippen LogP contribution in [-0.4, -0.2) is 10.9 Å². The first-order valence-corrected chi connectivity index (χ1v) is 6.35. The molecule has 2 aromatic rings. The molecule has 20 heavy (non-hydrogen) atoms. The third-order valence-corrected chi connectivity index (χ3v) is 2.97. The Balaban J connectivity index is 2.16. The van der Waals surface area contributed by atoms with Gasteiger partial charge in [-0.15, -0.1) is 0 Å². The smallest absolute Gasteiger partial charge is 0.255 e. The lowest BCUT2D eigenvalue weighted by Crippen LogP contribution is -2.13. The van der Waals surface area contributed by atoms with Crippen LogP contribution in [0, 0.1) is 12.7 Å². The quantitative estimate of drug-likeness (QED) is 0.854. The number of aryl methyl sites for hydroxylation is 1. The Kier molecular flexibility index (Phi) is 4.10. The molecular weight excluding hydrogens is 275 g/mol. The second-order valence-corrected chi connectivity index (χ2v) is 4.85. The van der Waals surface area contributed by atoms with Gasteiger partial charge in [0.15, 0.2) is 0 Å². The van der Waals surface area contributed by atoms with Crippen LogP contribution in [0.25, 0.3) is 0 Å². The molecule has 0 aliphatic rings. The third-order valence-electron chi connectivity index (χ3n) is 2.73. The number of benzene rings is 2. The fourth-order valence-corrected chi connectivity index (χ4v) is 1.92. The second kappa shape index (κ2) is 5.79. The molecule has 0 aliphatic heterocycles. The first-order chi connectivity index (χ1) is 9.45. The summed E-state index contributed by atoms with van der Waals surface area (Å²) in [5, 5.41) is 2.69. The Bertz CT molecular complexity index is 648. The fourth-order valence-electron chi connectivity index (χ4n) is 1.79. The van der Waals surface area contributed by atoms with Crippen molar-refractivity contribution in [3.63, 3.8) is 0 Å². The molecule has 1 amide bonds. The zero-order valence-corrected chi connectivity index (χ0v) is 11.6. The van der Waals surface area contributed by atoms with E-state index in [-0.39, 0.29) is 11.5 Å². The Hall–Kier alpha value is -2.27. The van der Waals surface area contributed by atoms with Gasteiger partial charge in [-0.05, 0) is 55.0 Å². The van der Waals surface area contributed by atoms with Gasteiger partial charge in [0.2, 0.25) is 0 Å². The van der Waals surface area contributed by atoms with E-state index in [4.69, 9.17) is 18.0 Å². The molecule has 0 saturated carbocycles. The Morgan fingerprint density at radius 2 is 1.80 bits per heavy atom. The molecule has 0 bridgehead atoms. The van der Waals surface area contributed by atoms with E-state index < -0.39 is 5.82 Å². The zero-order chi connectivity index (χ0) is 14.7. The number of nitrogens with one attached hydrogen (secondary N) is 1. The minimum atomic E-state index is -0.432. The van der Waals surface area contributed by atoms with Crippen molar-refractivity contribution in [2.75, 3.05) is 5.32 Å². The second-order valence-electron chi connectivity index (χ2n) is 4.41. The van der Waals surface area contributed by atoms with Crippen LogP contribution >= 0.6 is 12.2 Å². The molecule has 102 valence electrons. The summed E-state index contributed by atoms with van der Waals surface area (Å²) in [6, 6.07) is 11.0. The van der Waals surface area contributed by atoms with Gasteiger partial charge >= 0.3 is 0 Å². The molecule has 3 N–H and O–H groups in total. The molecular formula is C15H13FN2OS. The Morgan fingerprint density at radius 3 is 2.35 bits per heavy atom. The van der Waals surface area contributed by atoms with Crippen molar-refractivity contribution in [3.05, 3.63) is 65.0 Å². The lowest BCUT2D eigenvalue weighted by atomic mass is 10.1. The van der Waals surface area contributed by atoms with E-state index in [1.165, 1.54) is 12.1 Å². The van der Waals surface area contributed by atoms with Gasteiger partial charge in [0.05, 0.1) is 0 Å². The molecule has 0 heterocycles. The Labute approximate surface area is 121 Å². The normalized spacial score (nSPS) is 10.1. The van der Waals surface area contributed by atoms with Gasteiger partial charge < -0.3 is 11.1 Å². The third kappa shape index (κ3) is 3.39. The van der Waals surface area contributed by atoms with Gasteiger partial charge in [0.1, 0.15) is 10.8 Å². The molecule has 0 saturated heterocycles. The van der Waals surface area contributed by atoms with Gasteiger partial charge in [-0.2, -0.15) is 0 Å².